The highest BCUT2D eigenvalue weighted by molar-refractivity contribution is 6.32. The molecule has 3 aromatic rings. The summed E-state index contributed by atoms with van der Waals surface area (Å²) in [6.07, 6.45) is 0. The van der Waals surface area contributed by atoms with Gasteiger partial charge in [0.2, 0.25) is 0 Å². The number of ether oxygens (including phenoxy) is 1. The summed E-state index contributed by atoms with van der Waals surface area (Å²) < 4.78 is 5.23. The second kappa shape index (κ2) is 8.27. The van der Waals surface area contributed by atoms with E-state index in [-0.39, 0.29) is 12.4 Å². The van der Waals surface area contributed by atoms with Crippen LogP contribution < -0.4 is 9.64 Å². The fraction of sp³-hybridized carbons (Fsp3) is 0.200. The van der Waals surface area contributed by atoms with Crippen molar-refractivity contribution in [2.45, 2.75) is 13.5 Å². The van der Waals surface area contributed by atoms with E-state index in [9.17, 15) is 0 Å². The molecule has 3 rings (SSSR count). The molecule has 0 saturated carbocycles. The number of nitrogens with zero attached hydrogens (tertiary/aromatic N) is 1. The van der Waals surface area contributed by atoms with Crippen molar-refractivity contribution in [3.05, 3.63) is 71.2 Å². The van der Waals surface area contributed by atoms with Crippen LogP contribution in [0, 0.1) is 0 Å². The van der Waals surface area contributed by atoms with E-state index in [4.69, 9.17) is 16.3 Å². The van der Waals surface area contributed by atoms with Crippen molar-refractivity contribution in [2.24, 2.45) is 0 Å². The highest BCUT2D eigenvalue weighted by Crippen LogP contribution is 2.30. The van der Waals surface area contributed by atoms with Crippen molar-refractivity contribution >= 4 is 40.5 Å². The molecule has 4 heteroatoms. The Morgan fingerprint density at radius 3 is 2.46 bits per heavy atom. The molecular formula is C20H21Cl2NO. The maximum atomic E-state index is 6.25. The number of halogens is 2. The second-order valence-electron chi connectivity index (χ2n) is 5.48. The van der Waals surface area contributed by atoms with E-state index in [1.807, 2.05) is 12.1 Å². The van der Waals surface area contributed by atoms with Crippen molar-refractivity contribution in [3.8, 4) is 5.75 Å². The zero-order chi connectivity index (χ0) is 16.2. The first-order valence-electron chi connectivity index (χ1n) is 7.78. The molecule has 0 amide bonds. The zero-order valence-electron chi connectivity index (χ0n) is 13.8. The van der Waals surface area contributed by atoms with Gasteiger partial charge in [0.05, 0.1) is 12.1 Å². The second-order valence-corrected chi connectivity index (χ2v) is 5.89. The molecule has 0 bridgehead atoms. The molecule has 2 nitrogen and oxygen atoms in total. The molecule has 126 valence electrons. The Bertz CT molecular complexity index is 814. The predicted molar refractivity (Wildman–Crippen MR) is 106 cm³/mol. The number of fused-ring (bicyclic) bond motifs is 1. The molecule has 0 aliphatic heterocycles. The molecule has 0 saturated heterocycles. The fourth-order valence-electron chi connectivity index (χ4n) is 2.88. The van der Waals surface area contributed by atoms with Crippen LogP contribution >= 0.6 is 24.0 Å². The van der Waals surface area contributed by atoms with Crippen LogP contribution in [0.5, 0.6) is 5.75 Å². The van der Waals surface area contributed by atoms with Gasteiger partial charge in [-0.2, -0.15) is 0 Å². The number of rotatable bonds is 5. The minimum atomic E-state index is 0. The molecule has 3 aromatic carbocycles. The maximum absolute atomic E-state index is 6.25. The van der Waals surface area contributed by atoms with Crippen molar-refractivity contribution in [1.29, 1.82) is 0 Å². The van der Waals surface area contributed by atoms with Gasteiger partial charge in [-0.25, -0.2) is 0 Å². The third-order valence-corrected chi connectivity index (χ3v) is 4.37. The molecule has 0 heterocycles. The standard InChI is InChI=1S/C20H20ClNO.ClH/c1-3-22(14-15-11-12-20(23-2)18(21)13-15)19-10-6-8-16-7-4-5-9-17(16)19;/h4-13H,3,14H2,1-2H3;1H. The average Bonchev–Trinajstić information content (AvgIpc) is 2.59. The molecular weight excluding hydrogens is 341 g/mol. The Kier molecular flexibility index (Phi) is 6.36. The van der Waals surface area contributed by atoms with E-state index in [2.05, 4.69) is 60.4 Å². The Morgan fingerprint density at radius 1 is 1.00 bits per heavy atom. The lowest BCUT2D eigenvalue weighted by Crippen LogP contribution is -2.22. The van der Waals surface area contributed by atoms with Crippen molar-refractivity contribution in [3.63, 3.8) is 0 Å². The molecule has 0 N–H and O–H groups in total. The number of anilines is 1. The predicted octanol–water partition coefficient (Wildman–Crippen LogP) is 5.95. The SMILES string of the molecule is CCN(Cc1ccc(OC)c(Cl)c1)c1cccc2ccccc12.Cl. The quantitative estimate of drug-likeness (QED) is 0.556. The van der Waals surface area contributed by atoms with Crippen molar-refractivity contribution in [2.75, 3.05) is 18.6 Å². The summed E-state index contributed by atoms with van der Waals surface area (Å²) in [5, 5.41) is 3.19. The lowest BCUT2D eigenvalue weighted by molar-refractivity contribution is 0.415. The number of benzene rings is 3. The van der Waals surface area contributed by atoms with Crippen LogP contribution in [-0.4, -0.2) is 13.7 Å². The average molecular weight is 362 g/mol. The Balaban J connectivity index is 0.00000208. The third kappa shape index (κ3) is 3.77. The topological polar surface area (TPSA) is 12.5 Å². The van der Waals surface area contributed by atoms with Gasteiger partial charge in [-0.1, -0.05) is 54.1 Å². The lowest BCUT2D eigenvalue weighted by atomic mass is 10.1. The van der Waals surface area contributed by atoms with Gasteiger partial charge in [-0.15, -0.1) is 12.4 Å². The van der Waals surface area contributed by atoms with E-state index in [0.717, 1.165) is 13.1 Å². The molecule has 0 spiro atoms. The molecule has 0 atom stereocenters. The van der Waals surface area contributed by atoms with E-state index in [0.29, 0.717) is 10.8 Å². The van der Waals surface area contributed by atoms with Crippen LogP contribution in [0.1, 0.15) is 12.5 Å². The summed E-state index contributed by atoms with van der Waals surface area (Å²) in [6.45, 7) is 3.92. The molecule has 0 aliphatic rings. The minimum absolute atomic E-state index is 0. The van der Waals surface area contributed by atoms with Gasteiger partial charge in [0.25, 0.3) is 0 Å². The van der Waals surface area contributed by atoms with Gasteiger partial charge in [0, 0.05) is 24.2 Å². The van der Waals surface area contributed by atoms with Gasteiger partial charge in [0.1, 0.15) is 5.75 Å². The van der Waals surface area contributed by atoms with Crippen LogP contribution in [0.3, 0.4) is 0 Å². The summed E-state index contributed by atoms with van der Waals surface area (Å²) >= 11 is 6.25. The van der Waals surface area contributed by atoms with Crippen LogP contribution in [0.25, 0.3) is 10.8 Å². The van der Waals surface area contributed by atoms with E-state index in [1.165, 1.54) is 22.0 Å². The Hall–Kier alpha value is -1.90. The Labute approximate surface area is 154 Å². The van der Waals surface area contributed by atoms with Crippen LogP contribution in [-0.2, 0) is 6.54 Å². The zero-order valence-corrected chi connectivity index (χ0v) is 15.4. The van der Waals surface area contributed by atoms with Crippen LogP contribution in [0.4, 0.5) is 5.69 Å². The number of methoxy groups -OCH3 is 1. The molecule has 0 radical (unpaired) electrons. The summed E-state index contributed by atoms with van der Waals surface area (Å²) in [5.74, 6) is 0.712. The molecule has 0 aliphatic carbocycles. The summed E-state index contributed by atoms with van der Waals surface area (Å²) in [4.78, 5) is 2.36. The van der Waals surface area contributed by atoms with Gasteiger partial charge in [-0.3, -0.25) is 0 Å². The molecule has 0 aromatic heterocycles. The highest BCUT2D eigenvalue weighted by atomic mass is 35.5. The Morgan fingerprint density at radius 2 is 1.75 bits per heavy atom. The van der Waals surface area contributed by atoms with Crippen LogP contribution in [0.2, 0.25) is 5.02 Å². The van der Waals surface area contributed by atoms with Gasteiger partial charge < -0.3 is 9.64 Å². The largest absolute Gasteiger partial charge is 0.495 e. The molecule has 0 fully saturated rings. The van der Waals surface area contributed by atoms with Gasteiger partial charge in [0.15, 0.2) is 0 Å². The first kappa shape index (κ1) is 18.4. The summed E-state index contributed by atoms with van der Waals surface area (Å²) in [6, 6.07) is 20.9. The van der Waals surface area contributed by atoms with Gasteiger partial charge >= 0.3 is 0 Å². The number of hydrogen-bond donors (Lipinski definition) is 0. The third-order valence-electron chi connectivity index (χ3n) is 4.08. The summed E-state index contributed by atoms with van der Waals surface area (Å²) in [7, 11) is 1.63. The van der Waals surface area contributed by atoms with Crippen molar-refractivity contribution < 1.29 is 4.74 Å². The highest BCUT2D eigenvalue weighted by Gasteiger charge is 2.10. The molecule has 24 heavy (non-hydrogen) atoms. The fourth-order valence-corrected chi connectivity index (χ4v) is 3.16. The monoisotopic (exact) mass is 361 g/mol. The molecule has 0 unspecified atom stereocenters. The summed E-state index contributed by atoms with van der Waals surface area (Å²) in [5.41, 5.74) is 2.42. The van der Waals surface area contributed by atoms with E-state index < -0.39 is 0 Å². The van der Waals surface area contributed by atoms with E-state index >= 15 is 0 Å². The van der Waals surface area contributed by atoms with E-state index in [1.54, 1.807) is 7.11 Å². The number of hydrogen-bond acceptors (Lipinski definition) is 2. The van der Waals surface area contributed by atoms with Crippen molar-refractivity contribution in [1.82, 2.24) is 0 Å². The van der Waals surface area contributed by atoms with Gasteiger partial charge in [-0.05, 0) is 36.1 Å². The van der Waals surface area contributed by atoms with Crippen LogP contribution in [0.15, 0.2) is 60.7 Å². The minimum Gasteiger partial charge on any atom is -0.495 e. The lowest BCUT2D eigenvalue weighted by Gasteiger charge is -2.25. The normalized spacial score (nSPS) is 10.3. The smallest absolute Gasteiger partial charge is 0.137 e. The maximum Gasteiger partial charge on any atom is 0.137 e. The first-order chi connectivity index (χ1) is 11.2. The first-order valence-corrected chi connectivity index (χ1v) is 8.16.